The topological polar surface area (TPSA) is 52.6 Å². The van der Waals surface area contributed by atoms with E-state index in [-0.39, 0.29) is 5.97 Å². The summed E-state index contributed by atoms with van der Waals surface area (Å²) in [7, 11) is 1.33. The van der Waals surface area contributed by atoms with Crippen LogP contribution in [0.3, 0.4) is 0 Å². The van der Waals surface area contributed by atoms with Gasteiger partial charge >= 0.3 is 11.9 Å². The molecule has 0 amide bonds. The SMILES string of the molecule is C=C(C)C(=O)OC.CC(OC(=O)c1ccc2c(c1)CCCC2)C(C)(F)F. The molecule has 1 aromatic carbocycles. The lowest BCUT2D eigenvalue weighted by Crippen LogP contribution is -2.32. The fourth-order valence-corrected chi connectivity index (χ4v) is 2.37. The van der Waals surface area contributed by atoms with Crippen LogP contribution in [0.4, 0.5) is 8.78 Å². The summed E-state index contributed by atoms with van der Waals surface area (Å²) in [6.07, 6.45) is 2.81. The normalized spacial score (nSPS) is 14.2. The number of methoxy groups -OCH3 is 1. The second-order valence-corrected chi connectivity index (χ2v) is 6.47. The quantitative estimate of drug-likeness (QED) is 0.580. The van der Waals surface area contributed by atoms with Crippen molar-refractivity contribution in [2.45, 2.75) is 58.5 Å². The van der Waals surface area contributed by atoms with Crippen molar-refractivity contribution in [3.8, 4) is 0 Å². The summed E-state index contributed by atoms with van der Waals surface area (Å²) in [6.45, 7) is 6.91. The third-order valence-electron chi connectivity index (χ3n) is 4.12. The molecule has 6 heteroatoms. The van der Waals surface area contributed by atoms with Crippen molar-refractivity contribution in [2.75, 3.05) is 7.11 Å². The van der Waals surface area contributed by atoms with Gasteiger partial charge in [-0.1, -0.05) is 12.6 Å². The highest BCUT2D eigenvalue weighted by molar-refractivity contribution is 5.90. The van der Waals surface area contributed by atoms with Gasteiger partial charge in [0.1, 0.15) is 0 Å². The van der Waals surface area contributed by atoms with E-state index in [1.54, 1.807) is 19.1 Å². The average Bonchev–Trinajstić information content (AvgIpc) is 2.60. The van der Waals surface area contributed by atoms with E-state index >= 15 is 0 Å². The number of halogens is 2. The number of ether oxygens (including phenoxy) is 2. The Balaban J connectivity index is 0.000000412. The largest absolute Gasteiger partial charge is 0.466 e. The first kappa shape index (κ1) is 21.8. The lowest BCUT2D eigenvalue weighted by atomic mass is 9.90. The molecule has 2 rings (SSSR count). The molecule has 0 saturated heterocycles. The zero-order chi connectivity index (χ0) is 19.9. The number of carbonyl (C=O) groups is 2. The van der Waals surface area contributed by atoms with E-state index in [1.807, 2.05) is 6.07 Å². The number of benzene rings is 1. The molecule has 4 nitrogen and oxygen atoms in total. The molecule has 0 aromatic heterocycles. The average molecular weight is 368 g/mol. The molecule has 144 valence electrons. The van der Waals surface area contributed by atoms with Gasteiger partial charge in [-0.3, -0.25) is 0 Å². The third kappa shape index (κ3) is 6.58. The number of hydrogen-bond acceptors (Lipinski definition) is 4. The molecular weight excluding hydrogens is 342 g/mol. The van der Waals surface area contributed by atoms with Crippen LogP contribution in [-0.4, -0.2) is 31.1 Å². The van der Waals surface area contributed by atoms with Gasteiger partial charge in [-0.15, -0.1) is 0 Å². The van der Waals surface area contributed by atoms with E-state index in [1.165, 1.54) is 19.6 Å². The second-order valence-electron chi connectivity index (χ2n) is 6.47. The van der Waals surface area contributed by atoms with E-state index in [4.69, 9.17) is 4.74 Å². The van der Waals surface area contributed by atoms with Gasteiger partial charge < -0.3 is 9.47 Å². The first-order chi connectivity index (χ1) is 12.1. The minimum atomic E-state index is -3.02. The zero-order valence-electron chi connectivity index (χ0n) is 15.7. The lowest BCUT2D eigenvalue weighted by Gasteiger charge is -2.20. The molecule has 1 unspecified atom stereocenters. The predicted molar refractivity (Wildman–Crippen MR) is 95.4 cm³/mol. The van der Waals surface area contributed by atoms with Gasteiger partial charge in [0.15, 0.2) is 6.10 Å². The zero-order valence-corrected chi connectivity index (χ0v) is 15.7. The molecule has 0 N–H and O–H groups in total. The Hall–Kier alpha value is -2.24. The van der Waals surface area contributed by atoms with Crippen LogP contribution < -0.4 is 0 Å². The monoisotopic (exact) mass is 368 g/mol. The van der Waals surface area contributed by atoms with Crippen LogP contribution in [0, 0.1) is 0 Å². The molecule has 1 aliphatic carbocycles. The minimum absolute atomic E-state index is 0.347. The van der Waals surface area contributed by atoms with Gasteiger partial charge in [-0.05, 0) is 62.8 Å². The van der Waals surface area contributed by atoms with Crippen molar-refractivity contribution in [1.82, 2.24) is 0 Å². The first-order valence-corrected chi connectivity index (χ1v) is 8.50. The Morgan fingerprint density at radius 2 is 1.77 bits per heavy atom. The summed E-state index contributed by atoms with van der Waals surface area (Å²) in [6, 6.07) is 5.34. The Kier molecular flexibility index (Phi) is 7.93. The maximum atomic E-state index is 13.0. The summed E-state index contributed by atoms with van der Waals surface area (Å²) in [5.41, 5.74) is 3.17. The highest BCUT2D eigenvalue weighted by Gasteiger charge is 2.33. The summed E-state index contributed by atoms with van der Waals surface area (Å²) in [5, 5.41) is 0. The second kappa shape index (κ2) is 9.46. The number of alkyl halides is 2. The van der Waals surface area contributed by atoms with Crippen LogP contribution in [0.15, 0.2) is 30.4 Å². The molecule has 0 aliphatic heterocycles. The van der Waals surface area contributed by atoms with Crippen molar-refractivity contribution >= 4 is 11.9 Å². The van der Waals surface area contributed by atoms with Gasteiger partial charge in [-0.2, -0.15) is 0 Å². The summed E-state index contributed by atoms with van der Waals surface area (Å²) < 4.78 is 35.1. The Bertz CT molecular complexity index is 662. The fourth-order valence-electron chi connectivity index (χ4n) is 2.37. The van der Waals surface area contributed by atoms with Crippen molar-refractivity contribution in [2.24, 2.45) is 0 Å². The summed E-state index contributed by atoms with van der Waals surface area (Å²) in [5.74, 6) is -4.05. The van der Waals surface area contributed by atoms with E-state index in [0.29, 0.717) is 11.1 Å². The number of esters is 2. The Morgan fingerprint density at radius 1 is 1.19 bits per heavy atom. The van der Waals surface area contributed by atoms with Crippen molar-refractivity contribution in [3.63, 3.8) is 0 Å². The van der Waals surface area contributed by atoms with E-state index in [9.17, 15) is 18.4 Å². The van der Waals surface area contributed by atoms with Crippen molar-refractivity contribution in [1.29, 1.82) is 0 Å². The summed E-state index contributed by atoms with van der Waals surface area (Å²) in [4.78, 5) is 22.0. The third-order valence-corrected chi connectivity index (χ3v) is 4.12. The molecule has 0 heterocycles. The molecule has 0 bridgehead atoms. The van der Waals surface area contributed by atoms with Gasteiger partial charge in [0, 0.05) is 12.5 Å². The molecule has 26 heavy (non-hydrogen) atoms. The minimum Gasteiger partial charge on any atom is -0.466 e. The van der Waals surface area contributed by atoms with Gasteiger partial charge in [0.25, 0.3) is 5.92 Å². The van der Waals surface area contributed by atoms with Crippen LogP contribution in [0.2, 0.25) is 0 Å². The van der Waals surface area contributed by atoms with Crippen molar-refractivity contribution in [3.05, 3.63) is 47.0 Å². The van der Waals surface area contributed by atoms with Crippen LogP contribution in [-0.2, 0) is 27.1 Å². The van der Waals surface area contributed by atoms with Gasteiger partial charge in [0.05, 0.1) is 12.7 Å². The van der Waals surface area contributed by atoms with Crippen LogP contribution >= 0.6 is 0 Å². The van der Waals surface area contributed by atoms with Crippen molar-refractivity contribution < 1.29 is 27.8 Å². The van der Waals surface area contributed by atoms with Gasteiger partial charge in [-0.25, -0.2) is 18.4 Å². The molecule has 1 aliphatic rings. The number of hydrogen-bond donors (Lipinski definition) is 0. The number of aryl methyl sites for hydroxylation is 2. The molecule has 1 aromatic rings. The predicted octanol–water partition coefficient (Wildman–Crippen LogP) is 4.50. The number of fused-ring (bicyclic) bond motifs is 1. The highest BCUT2D eigenvalue weighted by atomic mass is 19.3. The maximum absolute atomic E-state index is 13.0. The smallest absolute Gasteiger partial charge is 0.338 e. The molecule has 1 atom stereocenters. The van der Waals surface area contributed by atoms with E-state index in [2.05, 4.69) is 11.3 Å². The Morgan fingerprint density at radius 3 is 2.23 bits per heavy atom. The van der Waals surface area contributed by atoms with E-state index in [0.717, 1.165) is 38.2 Å². The highest BCUT2D eigenvalue weighted by Crippen LogP contribution is 2.24. The Labute approximate surface area is 153 Å². The van der Waals surface area contributed by atoms with Crippen LogP contribution in [0.5, 0.6) is 0 Å². The summed E-state index contributed by atoms with van der Waals surface area (Å²) >= 11 is 0. The standard InChI is InChI=1S/C15H18F2O2.C5H8O2/c1-10(15(2,16)17)19-14(18)13-8-7-11-5-3-4-6-12(11)9-13;1-4(2)5(6)7-3/h7-10H,3-6H2,1-2H3;1H2,2-3H3. The number of rotatable bonds is 4. The van der Waals surface area contributed by atoms with Gasteiger partial charge in [0.2, 0.25) is 0 Å². The maximum Gasteiger partial charge on any atom is 0.338 e. The van der Waals surface area contributed by atoms with Crippen LogP contribution in [0.1, 0.15) is 55.1 Å². The lowest BCUT2D eigenvalue weighted by molar-refractivity contribution is -0.136. The fraction of sp³-hybridized carbons (Fsp3) is 0.500. The first-order valence-electron chi connectivity index (χ1n) is 8.50. The molecule has 0 fully saturated rings. The van der Waals surface area contributed by atoms with Crippen LogP contribution in [0.25, 0.3) is 0 Å². The number of carbonyl (C=O) groups excluding carboxylic acids is 2. The molecule has 0 saturated carbocycles. The molecule has 0 radical (unpaired) electrons. The molecular formula is C20H26F2O4. The van der Waals surface area contributed by atoms with E-state index < -0.39 is 18.0 Å². The molecule has 0 spiro atoms.